The van der Waals surface area contributed by atoms with E-state index < -0.39 is 13.3 Å². The van der Waals surface area contributed by atoms with E-state index in [2.05, 4.69) is 20.8 Å². The molecule has 3 heteroatoms. The van der Waals surface area contributed by atoms with Gasteiger partial charge in [0, 0.05) is 5.71 Å². The molecule has 0 saturated carbocycles. The molecule has 2 N–H and O–H groups in total. The van der Waals surface area contributed by atoms with E-state index in [1.54, 1.807) is 0 Å². The smallest absolute Gasteiger partial charge is 0.0973 e. The van der Waals surface area contributed by atoms with Gasteiger partial charge in [-0.25, -0.2) is 0 Å². The Morgan fingerprint density at radius 3 is 1.71 bits per heavy atom. The Bertz CT molecular complexity index is 189. The second-order valence-corrected chi connectivity index (χ2v) is 9.90. The van der Waals surface area contributed by atoms with E-state index in [9.17, 15) is 5.11 Å². The Balaban J connectivity index is 5.07. The highest BCUT2D eigenvalue weighted by molar-refractivity contribution is 6.85. The minimum atomic E-state index is -1.70. The van der Waals surface area contributed by atoms with Gasteiger partial charge >= 0.3 is 0 Å². The summed E-state index contributed by atoms with van der Waals surface area (Å²) in [6.45, 7) is 10.3. The molecule has 0 fully saturated rings. The first-order valence-electron chi connectivity index (χ1n) is 5.72. The van der Waals surface area contributed by atoms with Gasteiger partial charge in [-0.2, -0.15) is 0 Å². The summed E-state index contributed by atoms with van der Waals surface area (Å²) < 4.78 is 0. The summed E-state index contributed by atoms with van der Waals surface area (Å²) in [6.07, 6.45) is 0.668. The molecule has 1 atom stereocenters. The molecule has 0 aliphatic carbocycles. The fraction of sp³-hybridized carbons (Fsp3) is 0.909. The quantitative estimate of drug-likeness (QED) is 0.518. The van der Waals surface area contributed by atoms with E-state index >= 15 is 0 Å². The van der Waals surface area contributed by atoms with Crippen LogP contribution in [-0.2, 0) is 0 Å². The summed E-state index contributed by atoms with van der Waals surface area (Å²) >= 11 is 0. The van der Waals surface area contributed by atoms with Crippen LogP contribution >= 0.6 is 0 Å². The maximum atomic E-state index is 10.5. The molecule has 2 nitrogen and oxygen atoms in total. The largest absolute Gasteiger partial charge is 0.388 e. The van der Waals surface area contributed by atoms with Crippen molar-refractivity contribution in [1.82, 2.24) is 0 Å². The second-order valence-electron chi connectivity index (χ2n) is 4.25. The van der Waals surface area contributed by atoms with Crippen LogP contribution in [0.15, 0.2) is 0 Å². The van der Waals surface area contributed by atoms with Crippen LogP contribution in [0.5, 0.6) is 0 Å². The molecule has 0 spiro atoms. The molecular weight excluding hydrogens is 190 g/mol. The van der Waals surface area contributed by atoms with Crippen molar-refractivity contribution in [2.45, 2.75) is 64.4 Å². The predicted octanol–water partition coefficient (Wildman–Crippen LogP) is 3.21. The van der Waals surface area contributed by atoms with Crippen molar-refractivity contribution in [3.63, 3.8) is 0 Å². The summed E-state index contributed by atoms with van der Waals surface area (Å²) in [5.41, 5.74) is 0.523. The van der Waals surface area contributed by atoms with Gasteiger partial charge in [0.05, 0.1) is 13.3 Å². The number of rotatable bonds is 6. The van der Waals surface area contributed by atoms with E-state index in [1.807, 2.05) is 13.8 Å². The lowest BCUT2D eigenvalue weighted by Crippen LogP contribution is -2.60. The number of nitrogens with one attached hydrogen (secondary N) is 1. The standard InChI is InChI=1S/C11H25NOSi/c1-6-10(12)11(5,13)14(7-2,8-3)9-4/h12-13H,6-9H2,1-5H3. The maximum absolute atomic E-state index is 10.5. The molecule has 1 unspecified atom stereocenters. The van der Waals surface area contributed by atoms with Crippen molar-refractivity contribution >= 4 is 13.8 Å². The molecule has 0 bridgehead atoms. The zero-order chi connectivity index (χ0) is 11.4. The van der Waals surface area contributed by atoms with Gasteiger partial charge in [-0.3, -0.25) is 0 Å². The zero-order valence-electron chi connectivity index (χ0n) is 10.3. The van der Waals surface area contributed by atoms with Gasteiger partial charge in [-0.1, -0.05) is 45.8 Å². The third-order valence-corrected chi connectivity index (χ3v) is 10.4. The van der Waals surface area contributed by atoms with Gasteiger partial charge in [0.25, 0.3) is 0 Å². The molecule has 0 amide bonds. The molecule has 0 aromatic carbocycles. The fourth-order valence-corrected chi connectivity index (χ4v) is 6.83. The third kappa shape index (κ3) is 2.09. The molecule has 0 heterocycles. The normalized spacial score (nSPS) is 16.4. The van der Waals surface area contributed by atoms with Crippen LogP contribution < -0.4 is 0 Å². The highest BCUT2D eigenvalue weighted by Crippen LogP contribution is 2.33. The number of hydrogen-bond donors (Lipinski definition) is 2. The van der Waals surface area contributed by atoms with Crippen molar-refractivity contribution < 1.29 is 5.11 Å². The van der Waals surface area contributed by atoms with E-state index in [0.717, 1.165) is 18.1 Å². The van der Waals surface area contributed by atoms with Crippen molar-refractivity contribution in [2.24, 2.45) is 0 Å². The lowest BCUT2D eigenvalue weighted by Gasteiger charge is -2.42. The van der Waals surface area contributed by atoms with Crippen LogP contribution in [-0.4, -0.2) is 24.1 Å². The highest BCUT2D eigenvalue weighted by Gasteiger charge is 2.47. The molecule has 14 heavy (non-hydrogen) atoms. The van der Waals surface area contributed by atoms with Gasteiger partial charge < -0.3 is 10.5 Å². The first-order chi connectivity index (χ1) is 6.41. The van der Waals surface area contributed by atoms with Crippen molar-refractivity contribution in [3.05, 3.63) is 0 Å². The predicted molar refractivity (Wildman–Crippen MR) is 65.8 cm³/mol. The van der Waals surface area contributed by atoms with Gasteiger partial charge in [0.1, 0.15) is 0 Å². The van der Waals surface area contributed by atoms with Crippen LogP contribution in [0.4, 0.5) is 0 Å². The SMILES string of the molecule is CCC(=N)C(C)(O)[Si](CC)(CC)CC. The molecule has 0 aromatic heterocycles. The van der Waals surface area contributed by atoms with Crippen molar-refractivity contribution in [2.75, 3.05) is 0 Å². The van der Waals surface area contributed by atoms with Crippen LogP contribution in [0.3, 0.4) is 0 Å². The summed E-state index contributed by atoms with van der Waals surface area (Å²) in [5.74, 6) is 0. The number of aliphatic hydroxyl groups is 1. The van der Waals surface area contributed by atoms with Crippen LogP contribution in [0.1, 0.15) is 41.0 Å². The monoisotopic (exact) mass is 215 g/mol. The Morgan fingerprint density at radius 1 is 1.14 bits per heavy atom. The molecule has 0 aromatic rings. The summed E-state index contributed by atoms with van der Waals surface area (Å²) in [6, 6.07) is 3.19. The molecule has 0 aliphatic heterocycles. The Labute approximate surface area is 89.2 Å². The average molecular weight is 215 g/mol. The first-order valence-corrected chi connectivity index (χ1v) is 8.34. The molecular formula is C11H25NOSi. The number of hydrogen-bond acceptors (Lipinski definition) is 2. The zero-order valence-corrected chi connectivity index (χ0v) is 11.3. The summed E-state index contributed by atoms with van der Waals surface area (Å²) in [5, 5.41) is 17.6. The highest BCUT2D eigenvalue weighted by atomic mass is 28.3. The minimum Gasteiger partial charge on any atom is -0.388 e. The summed E-state index contributed by atoms with van der Waals surface area (Å²) in [7, 11) is -1.70. The van der Waals surface area contributed by atoms with E-state index in [0.29, 0.717) is 12.1 Å². The molecule has 0 rings (SSSR count). The Hall–Kier alpha value is -0.153. The topological polar surface area (TPSA) is 44.1 Å². The fourth-order valence-electron chi connectivity index (χ4n) is 2.45. The second kappa shape index (κ2) is 5.08. The van der Waals surface area contributed by atoms with E-state index in [1.165, 1.54) is 0 Å². The van der Waals surface area contributed by atoms with E-state index in [4.69, 9.17) is 5.41 Å². The first kappa shape index (κ1) is 13.8. The molecule has 84 valence electrons. The van der Waals surface area contributed by atoms with Crippen LogP contribution in [0.25, 0.3) is 0 Å². The van der Waals surface area contributed by atoms with Gasteiger partial charge in [0.15, 0.2) is 0 Å². The molecule has 0 aliphatic rings. The summed E-state index contributed by atoms with van der Waals surface area (Å²) in [4.78, 5) is 0. The van der Waals surface area contributed by atoms with Crippen molar-refractivity contribution in [3.8, 4) is 0 Å². The van der Waals surface area contributed by atoms with Gasteiger partial charge in [0.2, 0.25) is 0 Å². The average Bonchev–Trinajstić information content (AvgIpc) is 2.19. The lowest BCUT2D eigenvalue weighted by atomic mass is 10.2. The molecule has 0 saturated heterocycles. The van der Waals surface area contributed by atoms with Gasteiger partial charge in [-0.15, -0.1) is 0 Å². The van der Waals surface area contributed by atoms with Crippen LogP contribution in [0, 0.1) is 5.41 Å². The van der Waals surface area contributed by atoms with E-state index in [-0.39, 0.29) is 0 Å². The maximum Gasteiger partial charge on any atom is 0.0973 e. The lowest BCUT2D eigenvalue weighted by molar-refractivity contribution is 0.200. The third-order valence-electron chi connectivity index (χ3n) is 4.00. The molecule has 0 radical (unpaired) electrons. The van der Waals surface area contributed by atoms with Crippen LogP contribution in [0.2, 0.25) is 18.1 Å². The van der Waals surface area contributed by atoms with Crippen molar-refractivity contribution in [1.29, 1.82) is 5.41 Å². The minimum absolute atomic E-state index is 0.523. The Kier molecular flexibility index (Phi) is 5.02. The van der Waals surface area contributed by atoms with Gasteiger partial charge in [-0.05, 0) is 13.3 Å². The Morgan fingerprint density at radius 2 is 1.50 bits per heavy atom.